The second kappa shape index (κ2) is 13.3. The number of carbonyl (C=O) groups excluding carboxylic acids is 3. The molecule has 0 aliphatic carbocycles. The molecule has 6 rings (SSSR count). The van der Waals surface area contributed by atoms with Crippen LogP contribution < -0.4 is 11.1 Å². The van der Waals surface area contributed by atoms with Crippen molar-refractivity contribution < 1.29 is 19.5 Å². The van der Waals surface area contributed by atoms with E-state index in [9.17, 15) is 19.5 Å². The van der Waals surface area contributed by atoms with Crippen molar-refractivity contribution in [2.45, 2.75) is 45.1 Å². The molecule has 46 heavy (non-hydrogen) atoms. The Morgan fingerprint density at radius 1 is 1.11 bits per heavy atom. The quantitative estimate of drug-likeness (QED) is 0.230. The SMILES string of the molecule is CCCN(C(=O)NCc1ccc(Cl)c(Cl)c1)N1CC(=O)N2[C@@H](Cc3ccc(O)cc3)C(=O)N(Cc3cccc4sc(N)nc34)C[C@@H]21. The summed E-state index contributed by atoms with van der Waals surface area (Å²) in [4.78, 5) is 49.4. The highest BCUT2D eigenvalue weighted by atomic mass is 35.5. The van der Waals surface area contributed by atoms with Gasteiger partial charge < -0.3 is 26.0 Å². The number of aromatic nitrogens is 1. The molecule has 3 aromatic carbocycles. The van der Waals surface area contributed by atoms with Crippen LogP contribution in [-0.2, 0) is 29.1 Å². The monoisotopic (exact) mass is 681 g/mol. The molecule has 2 saturated heterocycles. The molecular formula is C32H33Cl2N7O4S. The van der Waals surface area contributed by atoms with Gasteiger partial charge in [-0.25, -0.2) is 9.78 Å². The first-order chi connectivity index (χ1) is 22.1. The third-order valence-electron chi connectivity index (χ3n) is 8.22. The van der Waals surface area contributed by atoms with Gasteiger partial charge in [0.05, 0.1) is 33.4 Å². The van der Waals surface area contributed by atoms with Crippen molar-refractivity contribution in [3.63, 3.8) is 0 Å². The summed E-state index contributed by atoms with van der Waals surface area (Å²) in [5.74, 6) is -0.334. The number of nitrogens with zero attached hydrogens (tertiary/aromatic N) is 5. The molecular weight excluding hydrogens is 649 g/mol. The molecule has 0 radical (unpaired) electrons. The number of aromatic hydroxyl groups is 1. The molecule has 2 fully saturated rings. The molecule has 14 heteroatoms. The van der Waals surface area contributed by atoms with E-state index in [1.165, 1.54) is 11.3 Å². The Labute approximate surface area is 280 Å². The number of benzene rings is 3. The van der Waals surface area contributed by atoms with Gasteiger partial charge in [-0.3, -0.25) is 14.6 Å². The number of phenolic OH excluding ortho intramolecular Hbond substituents is 1. The van der Waals surface area contributed by atoms with E-state index in [1.807, 2.05) is 25.1 Å². The average molecular weight is 683 g/mol. The highest BCUT2D eigenvalue weighted by Crippen LogP contribution is 2.33. The van der Waals surface area contributed by atoms with Gasteiger partial charge in [-0.2, -0.15) is 5.01 Å². The maximum Gasteiger partial charge on any atom is 0.332 e. The van der Waals surface area contributed by atoms with Crippen molar-refractivity contribution in [3.05, 3.63) is 87.4 Å². The van der Waals surface area contributed by atoms with Gasteiger partial charge >= 0.3 is 6.03 Å². The van der Waals surface area contributed by atoms with Gasteiger partial charge in [0, 0.05) is 26.1 Å². The Hall–Kier alpha value is -4.10. The van der Waals surface area contributed by atoms with Crippen molar-refractivity contribution in [2.75, 3.05) is 25.4 Å². The molecule has 4 N–H and O–H groups in total. The predicted octanol–water partition coefficient (Wildman–Crippen LogP) is 4.85. The number of carbonyl (C=O) groups is 3. The standard InChI is InChI=1S/C32H33Cl2N7O4S/c1-2-12-39(32(45)36-15-20-8-11-23(33)24(34)13-20)40-18-28(43)41-25(14-19-6-9-22(42)10-7-19)30(44)38(17-27(40)41)16-21-4-3-5-26-29(21)37-31(35)46-26/h3-11,13,25,27,42H,2,12,14-18H2,1H3,(H2,35,37)(H,36,45)/t25-,27+/m0/s1. The second-order valence-corrected chi connectivity index (χ2v) is 13.2. The number of piperazine rings is 1. The molecule has 0 saturated carbocycles. The number of nitrogen functional groups attached to an aromatic ring is 1. The Morgan fingerprint density at radius 3 is 2.61 bits per heavy atom. The first-order valence-electron chi connectivity index (χ1n) is 14.9. The number of hydrogen-bond donors (Lipinski definition) is 3. The molecule has 240 valence electrons. The molecule has 4 amide bonds. The Morgan fingerprint density at radius 2 is 1.87 bits per heavy atom. The molecule has 0 unspecified atom stereocenters. The minimum Gasteiger partial charge on any atom is -0.508 e. The number of amides is 4. The summed E-state index contributed by atoms with van der Waals surface area (Å²) < 4.78 is 0.923. The zero-order valence-corrected chi connectivity index (χ0v) is 27.4. The first-order valence-corrected chi connectivity index (χ1v) is 16.5. The minimum atomic E-state index is -0.816. The lowest BCUT2D eigenvalue weighted by atomic mass is 9.99. The average Bonchev–Trinajstić information content (AvgIpc) is 3.58. The zero-order valence-electron chi connectivity index (χ0n) is 25.0. The Bertz CT molecular complexity index is 1790. The maximum atomic E-state index is 14.2. The van der Waals surface area contributed by atoms with Gasteiger partial charge in [-0.05, 0) is 53.4 Å². The van der Waals surface area contributed by atoms with E-state index < -0.39 is 12.2 Å². The van der Waals surface area contributed by atoms with Crippen LogP contribution in [0, 0.1) is 0 Å². The topological polar surface area (TPSA) is 135 Å². The van der Waals surface area contributed by atoms with Crippen LogP contribution in [0.2, 0.25) is 10.0 Å². The molecule has 0 bridgehead atoms. The van der Waals surface area contributed by atoms with Gasteiger partial charge in [-0.15, -0.1) is 0 Å². The van der Waals surface area contributed by atoms with E-state index in [0.717, 1.165) is 26.9 Å². The van der Waals surface area contributed by atoms with Gasteiger partial charge in [-0.1, -0.05) is 71.8 Å². The third-order valence-corrected chi connectivity index (χ3v) is 9.81. The summed E-state index contributed by atoms with van der Waals surface area (Å²) in [7, 11) is 0. The number of para-hydroxylation sites is 1. The lowest BCUT2D eigenvalue weighted by Gasteiger charge is -2.46. The van der Waals surface area contributed by atoms with E-state index in [1.54, 1.807) is 62.3 Å². The fraction of sp³-hybridized carbons (Fsp3) is 0.312. The summed E-state index contributed by atoms with van der Waals surface area (Å²) in [6.07, 6.45) is 0.302. The summed E-state index contributed by atoms with van der Waals surface area (Å²) in [6.45, 7) is 2.91. The number of phenols is 1. The van der Waals surface area contributed by atoms with Crippen LogP contribution in [0.4, 0.5) is 9.93 Å². The number of halogens is 2. The van der Waals surface area contributed by atoms with E-state index in [4.69, 9.17) is 28.9 Å². The van der Waals surface area contributed by atoms with Gasteiger partial charge in [0.1, 0.15) is 18.0 Å². The van der Waals surface area contributed by atoms with E-state index in [2.05, 4.69) is 10.3 Å². The number of thiazole rings is 1. The number of nitrogens with two attached hydrogens (primary N) is 1. The molecule has 1 aromatic heterocycles. The lowest BCUT2D eigenvalue weighted by molar-refractivity contribution is -0.157. The van der Waals surface area contributed by atoms with Crippen LogP contribution in [0.1, 0.15) is 30.0 Å². The minimum absolute atomic E-state index is 0.0593. The largest absolute Gasteiger partial charge is 0.508 e. The molecule has 0 spiro atoms. The highest BCUT2D eigenvalue weighted by Gasteiger charge is 2.52. The zero-order chi connectivity index (χ0) is 32.5. The first kappa shape index (κ1) is 31.9. The van der Waals surface area contributed by atoms with Crippen molar-refractivity contribution >= 4 is 67.7 Å². The lowest BCUT2D eigenvalue weighted by Crippen LogP contribution is -2.66. The van der Waals surface area contributed by atoms with E-state index in [0.29, 0.717) is 28.1 Å². The summed E-state index contributed by atoms with van der Waals surface area (Å²) in [6, 6.07) is 16.4. The fourth-order valence-electron chi connectivity index (χ4n) is 6.08. The summed E-state index contributed by atoms with van der Waals surface area (Å²) in [5.41, 5.74) is 9.16. The van der Waals surface area contributed by atoms with Crippen LogP contribution in [0.15, 0.2) is 60.7 Å². The number of anilines is 1. The van der Waals surface area contributed by atoms with Crippen LogP contribution in [-0.4, -0.2) is 79.6 Å². The van der Waals surface area contributed by atoms with Crippen LogP contribution in [0.3, 0.4) is 0 Å². The highest BCUT2D eigenvalue weighted by molar-refractivity contribution is 7.22. The summed E-state index contributed by atoms with van der Waals surface area (Å²) in [5, 5.41) is 17.4. The number of nitrogens with one attached hydrogen (secondary N) is 1. The number of fused-ring (bicyclic) bond motifs is 2. The van der Waals surface area contributed by atoms with Crippen LogP contribution >= 0.6 is 34.5 Å². The molecule has 2 atom stereocenters. The smallest absolute Gasteiger partial charge is 0.332 e. The third kappa shape index (κ3) is 6.43. The Balaban J connectivity index is 1.30. The van der Waals surface area contributed by atoms with Gasteiger partial charge in [0.15, 0.2) is 5.13 Å². The van der Waals surface area contributed by atoms with Crippen molar-refractivity contribution in [1.82, 2.24) is 30.1 Å². The second-order valence-electron chi connectivity index (χ2n) is 11.3. The van der Waals surface area contributed by atoms with Crippen molar-refractivity contribution in [3.8, 4) is 5.75 Å². The molecule has 4 aromatic rings. The predicted molar refractivity (Wildman–Crippen MR) is 178 cm³/mol. The van der Waals surface area contributed by atoms with Gasteiger partial charge in [0.2, 0.25) is 11.8 Å². The number of urea groups is 1. The van der Waals surface area contributed by atoms with Crippen molar-refractivity contribution in [2.24, 2.45) is 0 Å². The van der Waals surface area contributed by atoms with E-state index >= 15 is 0 Å². The Kier molecular flexibility index (Phi) is 9.23. The maximum absolute atomic E-state index is 14.2. The fourth-order valence-corrected chi connectivity index (χ4v) is 7.18. The number of hydrazine groups is 1. The number of rotatable bonds is 9. The molecule has 11 nitrogen and oxygen atoms in total. The number of hydrogen-bond acceptors (Lipinski definition) is 8. The summed E-state index contributed by atoms with van der Waals surface area (Å²) >= 11 is 13.6. The van der Waals surface area contributed by atoms with Crippen molar-refractivity contribution in [1.29, 1.82) is 0 Å². The van der Waals surface area contributed by atoms with Crippen LogP contribution in [0.5, 0.6) is 5.75 Å². The van der Waals surface area contributed by atoms with E-state index in [-0.39, 0.29) is 56.2 Å². The molecule has 2 aliphatic rings. The molecule has 3 heterocycles. The molecule has 2 aliphatic heterocycles. The normalized spacial score (nSPS) is 18.3. The van der Waals surface area contributed by atoms with Gasteiger partial charge in [0.25, 0.3) is 0 Å². The van der Waals surface area contributed by atoms with Crippen LogP contribution in [0.25, 0.3) is 10.2 Å².